The highest BCUT2D eigenvalue weighted by Crippen LogP contribution is 2.23. The first kappa shape index (κ1) is 11.1. The summed E-state index contributed by atoms with van der Waals surface area (Å²) >= 11 is 3.19. The highest BCUT2D eigenvalue weighted by Gasteiger charge is 2.19. The molecule has 0 aliphatic rings. The summed E-state index contributed by atoms with van der Waals surface area (Å²) in [5.41, 5.74) is 1.00. The molecule has 1 atom stereocenters. The van der Waals surface area contributed by atoms with Gasteiger partial charge in [0.15, 0.2) is 10.4 Å². The fraction of sp³-hybridized carbons (Fsp3) is 0.154. The average molecular weight is 279 g/mol. The van der Waals surface area contributed by atoms with Crippen LogP contribution < -0.4 is 0 Å². The highest BCUT2D eigenvalue weighted by molar-refractivity contribution is 9.10. The van der Waals surface area contributed by atoms with Crippen molar-refractivity contribution in [1.29, 1.82) is 0 Å². The molecule has 0 spiro atoms. The van der Waals surface area contributed by atoms with Crippen molar-refractivity contribution in [3.8, 4) is 0 Å². The van der Waals surface area contributed by atoms with Crippen LogP contribution in [0.15, 0.2) is 51.6 Å². The lowest BCUT2D eigenvalue weighted by atomic mass is 9.95. The number of Topliss-reactive ketones (excluding diaryl/α,β-unsaturated/α-hetero) is 1. The van der Waals surface area contributed by atoms with E-state index < -0.39 is 0 Å². The molecule has 3 heteroatoms. The third kappa shape index (κ3) is 2.25. The SMILES string of the molecule is CC(C(=O)c1ccc(Br)o1)c1ccccc1. The second-order valence-electron chi connectivity index (χ2n) is 3.60. The zero-order chi connectivity index (χ0) is 11.5. The Labute approximate surface area is 102 Å². The molecule has 0 aliphatic carbocycles. The normalized spacial score (nSPS) is 12.4. The molecule has 16 heavy (non-hydrogen) atoms. The number of ketones is 1. The Morgan fingerprint density at radius 1 is 1.19 bits per heavy atom. The van der Waals surface area contributed by atoms with Crippen molar-refractivity contribution in [3.05, 3.63) is 58.5 Å². The molecule has 1 heterocycles. The molecule has 0 saturated heterocycles. The summed E-state index contributed by atoms with van der Waals surface area (Å²) in [6.45, 7) is 1.88. The van der Waals surface area contributed by atoms with Crippen LogP contribution in [0.3, 0.4) is 0 Å². The molecule has 2 aromatic rings. The summed E-state index contributed by atoms with van der Waals surface area (Å²) in [6, 6.07) is 13.1. The Hall–Kier alpha value is -1.35. The maximum atomic E-state index is 12.0. The molecule has 0 N–H and O–H groups in total. The molecule has 2 nitrogen and oxygen atoms in total. The van der Waals surface area contributed by atoms with Crippen molar-refractivity contribution in [1.82, 2.24) is 0 Å². The number of carbonyl (C=O) groups is 1. The topological polar surface area (TPSA) is 30.2 Å². The Balaban J connectivity index is 2.23. The summed E-state index contributed by atoms with van der Waals surface area (Å²) < 4.78 is 5.83. The van der Waals surface area contributed by atoms with Crippen molar-refractivity contribution in [2.45, 2.75) is 12.8 Å². The van der Waals surface area contributed by atoms with Crippen molar-refractivity contribution in [2.75, 3.05) is 0 Å². The van der Waals surface area contributed by atoms with Gasteiger partial charge in [0, 0.05) is 5.92 Å². The molecule has 0 aliphatic heterocycles. The van der Waals surface area contributed by atoms with Gasteiger partial charge >= 0.3 is 0 Å². The van der Waals surface area contributed by atoms with E-state index in [0.717, 1.165) is 5.56 Å². The Morgan fingerprint density at radius 2 is 1.88 bits per heavy atom. The van der Waals surface area contributed by atoms with Crippen molar-refractivity contribution < 1.29 is 9.21 Å². The van der Waals surface area contributed by atoms with Gasteiger partial charge in [0.1, 0.15) is 0 Å². The minimum atomic E-state index is -0.181. The van der Waals surface area contributed by atoms with Gasteiger partial charge in [-0.3, -0.25) is 4.79 Å². The van der Waals surface area contributed by atoms with Crippen LogP contribution in [0, 0.1) is 0 Å². The Morgan fingerprint density at radius 3 is 2.44 bits per heavy atom. The van der Waals surface area contributed by atoms with Crippen LogP contribution >= 0.6 is 15.9 Å². The monoisotopic (exact) mass is 278 g/mol. The number of carbonyl (C=O) groups excluding carboxylic acids is 1. The minimum Gasteiger partial charge on any atom is -0.446 e. The number of rotatable bonds is 3. The molecule has 0 radical (unpaired) electrons. The summed E-state index contributed by atoms with van der Waals surface area (Å²) in [6.07, 6.45) is 0. The van der Waals surface area contributed by atoms with Crippen LogP contribution in [0.25, 0.3) is 0 Å². The van der Waals surface area contributed by atoms with Gasteiger partial charge in [0.05, 0.1) is 0 Å². The Bertz CT molecular complexity index is 488. The van der Waals surface area contributed by atoms with Gasteiger partial charge in [-0.05, 0) is 33.6 Å². The van der Waals surface area contributed by atoms with Crippen LogP contribution in [-0.4, -0.2) is 5.78 Å². The molecule has 1 unspecified atom stereocenters. The lowest BCUT2D eigenvalue weighted by Gasteiger charge is -2.08. The molecular formula is C13H11BrO2. The zero-order valence-electron chi connectivity index (χ0n) is 8.81. The van der Waals surface area contributed by atoms with E-state index in [-0.39, 0.29) is 11.7 Å². The van der Waals surface area contributed by atoms with Gasteiger partial charge in [-0.25, -0.2) is 0 Å². The van der Waals surface area contributed by atoms with Gasteiger partial charge in [0.25, 0.3) is 0 Å². The van der Waals surface area contributed by atoms with Crippen LogP contribution in [0.1, 0.15) is 29.0 Å². The van der Waals surface area contributed by atoms with Crippen LogP contribution in [0.4, 0.5) is 0 Å². The number of hydrogen-bond acceptors (Lipinski definition) is 2. The van der Waals surface area contributed by atoms with Gasteiger partial charge in [-0.2, -0.15) is 0 Å². The lowest BCUT2D eigenvalue weighted by molar-refractivity contribution is 0.0937. The fourth-order valence-corrected chi connectivity index (χ4v) is 1.86. The second-order valence-corrected chi connectivity index (χ2v) is 4.38. The lowest BCUT2D eigenvalue weighted by Crippen LogP contribution is -2.08. The molecule has 1 aromatic heterocycles. The van der Waals surface area contributed by atoms with Crippen molar-refractivity contribution >= 4 is 21.7 Å². The highest BCUT2D eigenvalue weighted by atomic mass is 79.9. The smallest absolute Gasteiger partial charge is 0.205 e. The summed E-state index contributed by atoms with van der Waals surface area (Å²) in [4.78, 5) is 12.0. The van der Waals surface area contributed by atoms with E-state index in [0.29, 0.717) is 10.4 Å². The number of hydrogen-bond donors (Lipinski definition) is 0. The van der Waals surface area contributed by atoms with Gasteiger partial charge in [-0.1, -0.05) is 37.3 Å². The average Bonchev–Trinajstić information content (AvgIpc) is 2.75. The maximum absolute atomic E-state index is 12.0. The number of benzene rings is 1. The third-order valence-electron chi connectivity index (χ3n) is 2.51. The number of halogens is 1. The van der Waals surface area contributed by atoms with Gasteiger partial charge in [0.2, 0.25) is 5.78 Å². The summed E-state index contributed by atoms with van der Waals surface area (Å²) in [5.74, 6) is 0.208. The first-order valence-corrected chi connectivity index (χ1v) is 5.82. The van der Waals surface area contributed by atoms with E-state index in [2.05, 4.69) is 15.9 Å². The maximum Gasteiger partial charge on any atom is 0.205 e. The third-order valence-corrected chi connectivity index (χ3v) is 2.94. The van der Waals surface area contributed by atoms with Gasteiger partial charge in [-0.15, -0.1) is 0 Å². The fourth-order valence-electron chi connectivity index (χ4n) is 1.55. The van der Waals surface area contributed by atoms with Crippen LogP contribution in [-0.2, 0) is 0 Å². The molecule has 0 bridgehead atoms. The van der Waals surface area contributed by atoms with Crippen molar-refractivity contribution in [2.24, 2.45) is 0 Å². The first-order valence-electron chi connectivity index (χ1n) is 5.03. The summed E-state index contributed by atoms with van der Waals surface area (Å²) in [7, 11) is 0. The van der Waals surface area contributed by atoms with Crippen LogP contribution in [0.5, 0.6) is 0 Å². The predicted molar refractivity (Wildman–Crippen MR) is 65.6 cm³/mol. The molecular weight excluding hydrogens is 268 g/mol. The quantitative estimate of drug-likeness (QED) is 0.794. The van der Waals surface area contributed by atoms with E-state index in [1.165, 1.54) is 0 Å². The zero-order valence-corrected chi connectivity index (χ0v) is 10.4. The second kappa shape index (κ2) is 4.66. The molecule has 2 rings (SSSR count). The molecule has 0 amide bonds. The first-order chi connectivity index (χ1) is 7.68. The van der Waals surface area contributed by atoms with Crippen molar-refractivity contribution in [3.63, 3.8) is 0 Å². The standard InChI is InChI=1S/C13H11BrO2/c1-9(10-5-3-2-4-6-10)13(15)11-7-8-12(14)16-11/h2-9H,1H3. The summed E-state index contributed by atoms with van der Waals surface area (Å²) in [5, 5.41) is 0. The largest absolute Gasteiger partial charge is 0.446 e. The Kier molecular flexibility index (Phi) is 3.25. The number of furan rings is 1. The van der Waals surface area contributed by atoms with Gasteiger partial charge < -0.3 is 4.42 Å². The van der Waals surface area contributed by atoms with E-state index in [4.69, 9.17) is 4.42 Å². The van der Waals surface area contributed by atoms with E-state index in [1.807, 2.05) is 37.3 Å². The van der Waals surface area contributed by atoms with E-state index in [9.17, 15) is 4.79 Å². The molecule has 0 fully saturated rings. The van der Waals surface area contributed by atoms with Crippen LogP contribution in [0.2, 0.25) is 0 Å². The molecule has 1 aromatic carbocycles. The van der Waals surface area contributed by atoms with E-state index >= 15 is 0 Å². The molecule has 0 saturated carbocycles. The van der Waals surface area contributed by atoms with E-state index in [1.54, 1.807) is 12.1 Å². The minimum absolute atomic E-state index is 0.00287. The molecule has 82 valence electrons. The predicted octanol–water partition coefficient (Wildman–Crippen LogP) is 4.03.